The normalized spacial score (nSPS) is 46.8. The van der Waals surface area contributed by atoms with Gasteiger partial charge < -0.3 is 126 Å². The van der Waals surface area contributed by atoms with Crippen LogP contribution in [0.15, 0.2) is 0 Å². The minimum atomic E-state index is -2.09. The van der Waals surface area contributed by atoms with Gasteiger partial charge in [0.05, 0.1) is 19.8 Å². The number of carbonyl (C=O) groups is 2. The molecule has 0 spiro atoms. The van der Waals surface area contributed by atoms with E-state index in [0.717, 1.165) is 7.11 Å². The molecule has 28 heteroatoms. The van der Waals surface area contributed by atoms with Crippen LogP contribution in [0.2, 0.25) is 0 Å². The van der Waals surface area contributed by atoms with Gasteiger partial charge >= 0.3 is 11.9 Å². The molecule has 0 bridgehead atoms. The first-order valence-electron chi connectivity index (χ1n) is 20.7. The zero-order valence-corrected chi connectivity index (χ0v) is 37.3. The first kappa shape index (κ1) is 54.9. The lowest BCUT2D eigenvalue weighted by atomic mass is 9.94. The second-order valence-electron chi connectivity index (χ2n) is 15.7. The molecule has 5 saturated heterocycles. The molecular weight excluding hydrogens is 904 g/mol. The molecule has 5 heterocycles. The van der Waals surface area contributed by atoms with E-state index in [1.165, 1.54) is 49.8 Å². The molecule has 0 saturated carbocycles. The number of carboxylic acid groups (broad SMARTS) is 2. The van der Waals surface area contributed by atoms with Gasteiger partial charge in [0.15, 0.2) is 43.7 Å². The fraction of sp³-hybridized carbons (Fsp3) is 0.947. The highest BCUT2D eigenvalue weighted by Gasteiger charge is 2.59. The maximum atomic E-state index is 12.8. The van der Waals surface area contributed by atoms with E-state index in [4.69, 9.17) is 80.5 Å². The first-order chi connectivity index (χ1) is 31.6. The van der Waals surface area contributed by atoms with Crippen LogP contribution >= 0.6 is 0 Å². The third-order valence-electron chi connectivity index (χ3n) is 12.2. The lowest BCUT2D eigenvalue weighted by Gasteiger charge is -2.50. The molecule has 28 nitrogen and oxygen atoms in total. The summed E-state index contributed by atoms with van der Waals surface area (Å²) in [4.78, 5) is 25.6. The molecule has 0 amide bonds. The molecule has 0 radical (unpaired) electrons. The van der Waals surface area contributed by atoms with Gasteiger partial charge in [-0.15, -0.1) is 0 Å². The van der Waals surface area contributed by atoms with Crippen LogP contribution in [0.3, 0.4) is 0 Å². The fourth-order valence-corrected chi connectivity index (χ4v) is 8.87. The van der Waals surface area contributed by atoms with Crippen LogP contribution in [0.25, 0.3) is 0 Å². The summed E-state index contributed by atoms with van der Waals surface area (Å²) < 4.78 is 97.2. The van der Waals surface area contributed by atoms with E-state index in [1.54, 1.807) is 0 Å². The third-order valence-corrected chi connectivity index (χ3v) is 12.2. The SMILES string of the molecule is CO[C@H]1O[C@H](CO)[C@@H](O[C@@H]2O[C@@H](C(=O)O)[C@@H](O[C@H]3O[C@H](CO)[C@@H](O[C@@H]4O[C@H](C(=O)O)[C@@H](O[C@H]5O[C@H](CO)[C@@H](OC)[C@H](OC)[C@H]5OC)[C@H](OC)[C@H]4OC)[C@H](O)[C@H]3O)[C@H](OC)[C@H]2OC)[C@H](O)[C@H]1O. The zero-order valence-electron chi connectivity index (χ0n) is 37.3. The third kappa shape index (κ3) is 11.1. The van der Waals surface area contributed by atoms with Crippen molar-refractivity contribution in [1.82, 2.24) is 0 Å². The number of hydrogen-bond donors (Lipinski definition) is 9. The molecule has 5 aliphatic rings. The molecule has 66 heavy (non-hydrogen) atoms. The first-order valence-corrected chi connectivity index (χ1v) is 20.7. The van der Waals surface area contributed by atoms with Gasteiger partial charge in [-0.05, 0) is 0 Å². The van der Waals surface area contributed by atoms with Crippen molar-refractivity contribution in [3.05, 3.63) is 0 Å². The van der Waals surface area contributed by atoms with Gasteiger partial charge in [-0.2, -0.15) is 0 Å². The van der Waals surface area contributed by atoms with Crippen LogP contribution in [-0.2, 0) is 90.1 Å². The highest BCUT2D eigenvalue weighted by atomic mass is 16.8. The molecule has 0 unspecified atom stereocenters. The van der Waals surface area contributed by atoms with E-state index >= 15 is 0 Å². The van der Waals surface area contributed by atoms with E-state index in [1.807, 2.05) is 0 Å². The van der Waals surface area contributed by atoms with Gasteiger partial charge in [-0.25, -0.2) is 9.59 Å². The molecular formula is C38H64O28. The van der Waals surface area contributed by atoms with Crippen molar-refractivity contribution in [3.8, 4) is 0 Å². The topological polar surface area (TPSA) is 373 Å². The molecule has 0 aromatic carbocycles. The van der Waals surface area contributed by atoms with E-state index in [2.05, 4.69) is 0 Å². The Morgan fingerprint density at radius 2 is 0.636 bits per heavy atom. The Kier molecular flexibility index (Phi) is 20.5. The van der Waals surface area contributed by atoms with E-state index in [-0.39, 0.29) is 0 Å². The fourth-order valence-electron chi connectivity index (χ4n) is 8.87. The summed E-state index contributed by atoms with van der Waals surface area (Å²) in [6, 6.07) is 0. The standard InChI is InChI=1S/C38H64O28/c1-50-21-14(11-41)60-36(29(54-5)22(21)51-2)64-26-24(53-4)31(56-7)38(66-28(26)33(48)49)62-20-13(10-40)59-35(18(45)16(20)43)63-25-23(52-3)30(55-6)37(65-27(25)32(46)47)61-19-12(9-39)58-34(57-8)17(44)15(19)42/h12-31,34-45H,9-11H2,1-8H3,(H,46,47)(H,48,49)/t12-,13-,14-,15-,16-,17-,18-,19-,20-,21-,22+,23+,24+,25+,26+,27-,28+,29-,30-,31-,34+,35-,36-,37-,38-/m1/s1. The smallest absolute Gasteiger partial charge is 0.335 e. The Balaban J connectivity index is 1.34. The van der Waals surface area contributed by atoms with Crippen LogP contribution in [0.5, 0.6) is 0 Å². The number of carboxylic acids is 2. The number of methoxy groups -OCH3 is 8. The monoisotopic (exact) mass is 968 g/mol. The zero-order chi connectivity index (χ0) is 48.7. The second-order valence-corrected chi connectivity index (χ2v) is 15.7. The van der Waals surface area contributed by atoms with Gasteiger partial charge in [0.25, 0.3) is 0 Å². The van der Waals surface area contributed by atoms with Crippen LogP contribution in [-0.4, -0.2) is 288 Å². The van der Waals surface area contributed by atoms with Gasteiger partial charge in [-0.3, -0.25) is 0 Å². The van der Waals surface area contributed by atoms with Crippen LogP contribution in [0, 0.1) is 0 Å². The predicted molar refractivity (Wildman–Crippen MR) is 206 cm³/mol. The lowest BCUT2D eigenvalue weighted by molar-refractivity contribution is -0.391. The minimum absolute atomic E-state index is 0.541. The summed E-state index contributed by atoms with van der Waals surface area (Å²) in [6.07, 6.45) is -38.3. The average molecular weight is 969 g/mol. The van der Waals surface area contributed by atoms with Gasteiger partial charge in [0, 0.05) is 56.9 Å². The predicted octanol–water partition coefficient (Wildman–Crippen LogP) is -6.51. The summed E-state index contributed by atoms with van der Waals surface area (Å²) in [5.74, 6) is -3.23. The number of aliphatic carboxylic acids is 2. The molecule has 0 aromatic heterocycles. The van der Waals surface area contributed by atoms with Crippen LogP contribution in [0.1, 0.15) is 0 Å². The number of aliphatic hydroxyl groups is 7. The quantitative estimate of drug-likeness (QED) is 0.0516. The van der Waals surface area contributed by atoms with Gasteiger partial charge in [-0.1, -0.05) is 0 Å². The highest BCUT2D eigenvalue weighted by Crippen LogP contribution is 2.38. The van der Waals surface area contributed by atoms with E-state index in [0.29, 0.717) is 0 Å². The van der Waals surface area contributed by atoms with Crippen molar-refractivity contribution in [1.29, 1.82) is 0 Å². The Morgan fingerprint density at radius 3 is 0.985 bits per heavy atom. The summed E-state index contributed by atoms with van der Waals surface area (Å²) in [5, 5.41) is 95.7. The Labute approximate surface area is 378 Å². The number of aliphatic hydroxyl groups excluding tert-OH is 7. The van der Waals surface area contributed by atoms with Crippen LogP contribution in [0.4, 0.5) is 0 Å². The average Bonchev–Trinajstić information content (AvgIpc) is 3.31. The van der Waals surface area contributed by atoms with E-state index in [9.17, 15) is 55.5 Å². The van der Waals surface area contributed by atoms with Gasteiger partial charge in [0.2, 0.25) is 0 Å². The summed E-state index contributed by atoms with van der Waals surface area (Å²) in [6.45, 7) is -2.21. The number of rotatable bonds is 21. The molecule has 0 aromatic rings. The Bertz CT molecular complexity index is 1500. The number of hydrogen-bond acceptors (Lipinski definition) is 26. The van der Waals surface area contributed by atoms with Crippen molar-refractivity contribution < 1.29 is 136 Å². The highest BCUT2D eigenvalue weighted by molar-refractivity contribution is 5.74. The van der Waals surface area contributed by atoms with Crippen molar-refractivity contribution >= 4 is 11.9 Å². The Hall–Kier alpha value is -2.02. The maximum Gasteiger partial charge on any atom is 0.335 e. The molecule has 384 valence electrons. The molecule has 25 atom stereocenters. The number of ether oxygens (including phenoxy) is 17. The molecule has 5 aliphatic heterocycles. The minimum Gasteiger partial charge on any atom is -0.479 e. The Morgan fingerprint density at radius 1 is 0.348 bits per heavy atom. The maximum absolute atomic E-state index is 12.8. The van der Waals surface area contributed by atoms with Crippen molar-refractivity contribution in [3.63, 3.8) is 0 Å². The van der Waals surface area contributed by atoms with Crippen LogP contribution < -0.4 is 0 Å². The second kappa shape index (κ2) is 24.7. The molecule has 9 N–H and O–H groups in total. The van der Waals surface area contributed by atoms with E-state index < -0.39 is 185 Å². The summed E-state index contributed by atoms with van der Waals surface area (Å²) >= 11 is 0. The molecule has 5 rings (SSSR count). The molecule has 0 aliphatic carbocycles. The van der Waals surface area contributed by atoms with Crippen molar-refractivity contribution in [2.45, 2.75) is 154 Å². The molecule has 5 fully saturated rings. The van der Waals surface area contributed by atoms with Gasteiger partial charge in [0.1, 0.15) is 110 Å². The summed E-state index contributed by atoms with van der Waals surface area (Å²) in [7, 11) is 10.0. The van der Waals surface area contributed by atoms with Crippen molar-refractivity contribution in [2.75, 3.05) is 76.7 Å². The lowest BCUT2D eigenvalue weighted by Crippen LogP contribution is -2.69. The van der Waals surface area contributed by atoms with Crippen molar-refractivity contribution in [2.24, 2.45) is 0 Å². The largest absolute Gasteiger partial charge is 0.479 e. The summed E-state index contributed by atoms with van der Waals surface area (Å²) in [5.41, 5.74) is 0.